The number of amides is 3. The summed E-state index contributed by atoms with van der Waals surface area (Å²) in [5.41, 5.74) is 0. The van der Waals surface area contributed by atoms with Crippen LogP contribution in [-0.2, 0) is 19.5 Å². The Bertz CT molecular complexity index is 711. The molecule has 3 amide bonds. The minimum absolute atomic E-state index is 0. The van der Waals surface area contributed by atoms with Gasteiger partial charge in [-0.3, -0.25) is 10.2 Å². The van der Waals surface area contributed by atoms with Crippen molar-refractivity contribution in [1.29, 1.82) is 5.41 Å². The number of amidine groups is 1. The van der Waals surface area contributed by atoms with Gasteiger partial charge in [0.25, 0.3) is 0 Å². The van der Waals surface area contributed by atoms with E-state index in [0.29, 0.717) is 30.7 Å². The maximum atomic E-state index is 12.4. The van der Waals surface area contributed by atoms with Gasteiger partial charge in [0.2, 0.25) is 16.3 Å². The number of carbonyl (C=O) groups is 2. The third-order valence-electron chi connectivity index (χ3n) is 5.17. The van der Waals surface area contributed by atoms with Crippen LogP contribution in [0.25, 0.3) is 0 Å². The molecule has 146 valence electrons. The molecule has 2 N–H and O–H groups in total. The summed E-state index contributed by atoms with van der Waals surface area (Å²) in [6.45, 7) is 1.78. The first-order valence-corrected chi connectivity index (χ1v) is 9.82. The number of urea groups is 1. The van der Waals surface area contributed by atoms with Gasteiger partial charge >= 0.3 is 35.6 Å². The van der Waals surface area contributed by atoms with Crippen LogP contribution in [0.4, 0.5) is 4.79 Å². The molecule has 0 aromatic heterocycles. The number of nitrogens with one attached hydrogen (secondary N) is 2. The van der Waals surface area contributed by atoms with E-state index in [1.807, 2.05) is 7.05 Å². The molecular formula is C14H22N5NaO6S. The molecule has 0 unspecified atom stereocenters. The van der Waals surface area contributed by atoms with E-state index in [1.54, 1.807) is 0 Å². The van der Waals surface area contributed by atoms with E-state index in [1.165, 1.54) is 4.90 Å². The Morgan fingerprint density at radius 1 is 1.26 bits per heavy atom. The van der Waals surface area contributed by atoms with Gasteiger partial charge in [0.15, 0.2) is 0 Å². The molecule has 3 aliphatic rings. The Morgan fingerprint density at radius 2 is 1.89 bits per heavy atom. The number of hydroxylamine groups is 2. The van der Waals surface area contributed by atoms with Gasteiger partial charge in [-0.2, -0.15) is 9.35 Å². The molecule has 3 heterocycles. The van der Waals surface area contributed by atoms with Crippen LogP contribution >= 0.6 is 0 Å². The smallest absolute Gasteiger partial charge is 0.724 e. The van der Waals surface area contributed by atoms with Crippen molar-refractivity contribution in [2.24, 2.45) is 5.92 Å². The first kappa shape index (κ1) is 22.5. The SMILES string of the molecule is CN1CCC(C(=O)NC(=N)[C@@H]2CC[C@@H]3CN2C(=O)N3OS(=O)(=O)[O-])CC1.[Na+]. The van der Waals surface area contributed by atoms with E-state index < -0.39 is 28.5 Å². The van der Waals surface area contributed by atoms with Gasteiger partial charge in [0.05, 0.1) is 12.1 Å². The predicted octanol–water partition coefficient (Wildman–Crippen LogP) is -3.91. The molecule has 0 aliphatic carbocycles. The quantitative estimate of drug-likeness (QED) is 0.158. The maximum Gasteiger partial charge on any atom is 1.00 e. The summed E-state index contributed by atoms with van der Waals surface area (Å²) in [6.07, 6.45) is 2.18. The van der Waals surface area contributed by atoms with E-state index >= 15 is 0 Å². The zero-order valence-corrected chi connectivity index (χ0v) is 18.2. The Balaban J connectivity index is 0.00000261. The fourth-order valence-corrected chi connectivity index (χ4v) is 4.10. The number of fused-ring (bicyclic) bond motifs is 2. The van der Waals surface area contributed by atoms with E-state index in [9.17, 15) is 22.6 Å². The van der Waals surface area contributed by atoms with Crippen molar-refractivity contribution in [2.75, 3.05) is 26.7 Å². The van der Waals surface area contributed by atoms with Gasteiger partial charge in [-0.25, -0.2) is 13.2 Å². The Labute approximate surface area is 180 Å². The fourth-order valence-electron chi connectivity index (χ4n) is 3.72. The van der Waals surface area contributed by atoms with Crippen molar-refractivity contribution in [3.8, 4) is 0 Å². The van der Waals surface area contributed by atoms with Crippen LogP contribution in [0.2, 0.25) is 0 Å². The summed E-state index contributed by atoms with van der Waals surface area (Å²) in [5.74, 6) is -0.484. The number of hydrogen-bond donors (Lipinski definition) is 2. The van der Waals surface area contributed by atoms with Crippen LogP contribution in [0.1, 0.15) is 25.7 Å². The summed E-state index contributed by atoms with van der Waals surface area (Å²) < 4.78 is 36.6. The summed E-state index contributed by atoms with van der Waals surface area (Å²) in [4.78, 5) is 28.1. The van der Waals surface area contributed by atoms with Crippen LogP contribution in [0, 0.1) is 11.3 Å². The molecule has 2 atom stereocenters. The molecule has 0 aromatic rings. The Kier molecular flexibility index (Phi) is 7.28. The Hall–Kier alpha value is -0.760. The monoisotopic (exact) mass is 411 g/mol. The molecule has 0 aromatic carbocycles. The number of likely N-dealkylation sites (tertiary alicyclic amines) is 1. The molecule has 27 heavy (non-hydrogen) atoms. The Morgan fingerprint density at radius 3 is 2.48 bits per heavy atom. The largest absolute Gasteiger partial charge is 1.00 e. The topological polar surface area (TPSA) is 146 Å². The molecule has 2 bridgehead atoms. The zero-order chi connectivity index (χ0) is 19.1. The van der Waals surface area contributed by atoms with Gasteiger partial charge in [-0.05, 0) is 45.8 Å². The number of nitrogens with zero attached hydrogens (tertiary/aromatic N) is 3. The zero-order valence-electron chi connectivity index (χ0n) is 15.4. The van der Waals surface area contributed by atoms with Crippen LogP contribution in [-0.4, -0.2) is 84.4 Å². The van der Waals surface area contributed by atoms with Crippen molar-refractivity contribution in [1.82, 2.24) is 20.2 Å². The average molecular weight is 411 g/mol. The van der Waals surface area contributed by atoms with Crippen LogP contribution in [0.15, 0.2) is 0 Å². The predicted molar refractivity (Wildman–Crippen MR) is 87.6 cm³/mol. The second-order valence-corrected chi connectivity index (χ2v) is 7.94. The molecule has 0 saturated carbocycles. The number of rotatable bonds is 4. The molecular weight excluding hydrogens is 389 g/mol. The van der Waals surface area contributed by atoms with Gasteiger partial charge in [0.1, 0.15) is 5.84 Å². The van der Waals surface area contributed by atoms with Gasteiger partial charge in [0, 0.05) is 12.5 Å². The maximum absolute atomic E-state index is 12.4. The van der Waals surface area contributed by atoms with Gasteiger partial charge in [-0.15, -0.1) is 0 Å². The number of hydrogen-bond acceptors (Lipinski definition) is 8. The van der Waals surface area contributed by atoms with Crippen molar-refractivity contribution in [2.45, 2.75) is 37.8 Å². The van der Waals surface area contributed by atoms with E-state index in [0.717, 1.165) is 13.1 Å². The molecule has 3 fully saturated rings. The van der Waals surface area contributed by atoms with Crippen molar-refractivity contribution >= 4 is 28.2 Å². The molecule has 0 spiro atoms. The van der Waals surface area contributed by atoms with Crippen molar-refractivity contribution in [3.63, 3.8) is 0 Å². The summed E-state index contributed by atoms with van der Waals surface area (Å²) in [5, 5.41) is 11.3. The fraction of sp³-hybridized carbons (Fsp3) is 0.786. The second-order valence-electron chi connectivity index (χ2n) is 6.97. The van der Waals surface area contributed by atoms with Crippen molar-refractivity contribution in [3.05, 3.63) is 0 Å². The summed E-state index contributed by atoms with van der Waals surface area (Å²) in [6, 6.07) is -2.01. The molecule has 3 rings (SSSR count). The minimum atomic E-state index is -5.05. The molecule has 13 heteroatoms. The van der Waals surface area contributed by atoms with Gasteiger partial charge in [-0.1, -0.05) is 0 Å². The van der Waals surface area contributed by atoms with E-state index in [2.05, 4.69) is 14.5 Å². The van der Waals surface area contributed by atoms with Crippen molar-refractivity contribution < 1.29 is 56.4 Å². The molecule has 0 radical (unpaired) electrons. The van der Waals surface area contributed by atoms with Crippen LogP contribution in [0.5, 0.6) is 0 Å². The standard InChI is InChI=1S/C14H23N5O6S.Na/c1-17-6-4-9(5-7-17)13(20)16-12(15)11-3-2-10-8-18(11)14(21)19(10)25-26(22,23)24;/h9-11H,2-8H2,1H3,(H2,15,16,20)(H,22,23,24);/q;+1/p-1/t10-,11+;/m1./s1. The summed E-state index contributed by atoms with van der Waals surface area (Å²) >= 11 is 0. The molecule has 11 nitrogen and oxygen atoms in total. The number of piperidine rings is 2. The van der Waals surface area contributed by atoms with E-state index in [-0.39, 0.29) is 53.8 Å². The minimum Gasteiger partial charge on any atom is -0.724 e. The van der Waals surface area contributed by atoms with E-state index in [4.69, 9.17) is 5.41 Å². The third kappa shape index (κ3) is 5.19. The summed E-state index contributed by atoms with van der Waals surface area (Å²) in [7, 11) is -3.06. The number of carbonyl (C=O) groups excluding carboxylic acids is 2. The first-order valence-electron chi connectivity index (χ1n) is 8.49. The molecule has 3 aliphatic heterocycles. The first-order chi connectivity index (χ1) is 12.2. The van der Waals surface area contributed by atoms with Crippen LogP contribution in [0.3, 0.4) is 0 Å². The normalized spacial score (nSPS) is 26.7. The second kappa shape index (κ2) is 8.72. The third-order valence-corrected chi connectivity index (χ3v) is 5.52. The average Bonchev–Trinajstić information content (AvgIpc) is 2.79. The van der Waals surface area contributed by atoms with Crippen LogP contribution < -0.4 is 34.9 Å². The van der Waals surface area contributed by atoms with Gasteiger partial charge < -0.3 is 19.7 Å². The molecule has 3 saturated heterocycles.